The molecule has 0 saturated heterocycles. The van der Waals surface area contributed by atoms with Crippen LogP contribution < -0.4 is 0 Å². The molecule has 0 radical (unpaired) electrons. The van der Waals surface area contributed by atoms with E-state index in [4.69, 9.17) is 8.83 Å². The molecule has 45 heavy (non-hydrogen) atoms. The Hall–Kier alpha value is -4.64. The standard InChI is InChI=1S/C35H21NO6S3/c1-16-4-8-19(9-5-16)36-24-12-17(2)6-10-20(24)29-28(36)31-30(42-29)22-15-26-23(14-25(22)41-31)33-32(43-26)35-34(45(33,39)40)21-11-7-18(3)13-27(21)44(35,37)38/h4-15H,1-3H3. The van der Waals surface area contributed by atoms with Gasteiger partial charge in [-0.1, -0.05) is 35.9 Å². The van der Waals surface area contributed by atoms with Crippen LogP contribution in [0.4, 0.5) is 0 Å². The van der Waals surface area contributed by atoms with Crippen LogP contribution in [0.25, 0.3) is 69.7 Å². The molecule has 2 aliphatic heterocycles. The zero-order valence-electron chi connectivity index (χ0n) is 24.0. The molecule has 2 aliphatic rings. The van der Waals surface area contributed by atoms with E-state index in [2.05, 4.69) is 60.9 Å². The van der Waals surface area contributed by atoms with Crippen molar-refractivity contribution in [2.45, 2.75) is 30.6 Å². The number of benzene rings is 4. The van der Waals surface area contributed by atoms with Gasteiger partial charge in [0.2, 0.25) is 19.7 Å². The number of fused-ring (bicyclic) bond motifs is 13. The normalized spacial score (nSPS) is 16.5. The van der Waals surface area contributed by atoms with Gasteiger partial charge >= 0.3 is 0 Å². The lowest BCUT2D eigenvalue weighted by molar-refractivity contribution is 0.606. The molecule has 7 nitrogen and oxygen atoms in total. The van der Waals surface area contributed by atoms with E-state index in [1.807, 2.05) is 6.07 Å². The lowest BCUT2D eigenvalue weighted by Gasteiger charge is -2.07. The summed E-state index contributed by atoms with van der Waals surface area (Å²) in [5, 5.41) is 2.10. The molecule has 0 bridgehead atoms. The summed E-state index contributed by atoms with van der Waals surface area (Å²) in [5.41, 5.74) is 8.33. The highest BCUT2D eigenvalue weighted by molar-refractivity contribution is 8.09. The predicted molar refractivity (Wildman–Crippen MR) is 178 cm³/mol. The Morgan fingerprint density at radius 2 is 1.38 bits per heavy atom. The summed E-state index contributed by atoms with van der Waals surface area (Å²) in [5.74, 6) is 0. The maximum Gasteiger partial charge on any atom is 0.210 e. The van der Waals surface area contributed by atoms with Crippen molar-refractivity contribution >= 4 is 95.0 Å². The van der Waals surface area contributed by atoms with Gasteiger partial charge in [0.25, 0.3) is 0 Å². The van der Waals surface area contributed by atoms with E-state index in [-0.39, 0.29) is 30.0 Å². The van der Waals surface area contributed by atoms with Crippen LogP contribution >= 0.6 is 11.3 Å². The van der Waals surface area contributed by atoms with Gasteiger partial charge in [0, 0.05) is 26.7 Å². The van der Waals surface area contributed by atoms with Crippen LogP contribution in [-0.2, 0) is 19.7 Å². The van der Waals surface area contributed by atoms with Crippen molar-refractivity contribution in [1.82, 2.24) is 4.57 Å². The summed E-state index contributed by atoms with van der Waals surface area (Å²) in [4.78, 5) is 0.113. The average molecular weight is 648 g/mol. The maximum absolute atomic E-state index is 14.1. The minimum absolute atomic E-state index is 0.0339. The third-order valence-electron chi connectivity index (χ3n) is 9.09. The first-order chi connectivity index (χ1) is 21.5. The van der Waals surface area contributed by atoms with Crippen molar-refractivity contribution in [2.75, 3.05) is 0 Å². The zero-order chi connectivity index (χ0) is 30.7. The van der Waals surface area contributed by atoms with Crippen LogP contribution in [-0.4, -0.2) is 21.4 Å². The molecule has 10 heteroatoms. The van der Waals surface area contributed by atoms with Gasteiger partial charge in [0.15, 0.2) is 16.7 Å². The SMILES string of the molecule is Cc1ccc(-n2c3cc(C)ccc3c3oc4c5cc6sc7c(c6cc5oc4c32)S(=O)(=O)C2=C7S(=O)(=O)c3cc(C)ccc32)cc1. The number of thiophene rings is 1. The first-order valence-corrected chi connectivity index (χ1v) is 18.1. The number of hydrogen-bond donors (Lipinski definition) is 0. The number of aromatic nitrogens is 1. The minimum atomic E-state index is -4.11. The van der Waals surface area contributed by atoms with Crippen LogP contribution in [0.15, 0.2) is 91.4 Å². The molecule has 4 aromatic heterocycles. The summed E-state index contributed by atoms with van der Waals surface area (Å²) in [6.07, 6.45) is 0. The van der Waals surface area contributed by atoms with E-state index >= 15 is 0 Å². The molecule has 0 unspecified atom stereocenters. The quantitative estimate of drug-likeness (QED) is 0.177. The van der Waals surface area contributed by atoms with Crippen LogP contribution in [0, 0.1) is 20.8 Å². The number of aryl methyl sites for hydroxylation is 3. The van der Waals surface area contributed by atoms with Gasteiger partial charge in [0.1, 0.15) is 20.9 Å². The molecule has 0 atom stereocenters. The lowest BCUT2D eigenvalue weighted by Crippen LogP contribution is -2.02. The van der Waals surface area contributed by atoms with Gasteiger partial charge in [-0.2, -0.15) is 0 Å². The van der Waals surface area contributed by atoms with Crippen LogP contribution in [0.5, 0.6) is 0 Å². The fourth-order valence-electron chi connectivity index (χ4n) is 7.04. The van der Waals surface area contributed by atoms with E-state index < -0.39 is 19.7 Å². The Morgan fingerprint density at radius 3 is 2.18 bits per heavy atom. The Balaban J connectivity index is 1.27. The molecule has 6 heterocycles. The monoisotopic (exact) mass is 647 g/mol. The molecule has 0 N–H and O–H groups in total. The first-order valence-electron chi connectivity index (χ1n) is 14.3. The Morgan fingerprint density at radius 1 is 0.644 bits per heavy atom. The molecule has 0 spiro atoms. The highest BCUT2D eigenvalue weighted by Gasteiger charge is 2.51. The van der Waals surface area contributed by atoms with Crippen LogP contribution in [0.2, 0.25) is 0 Å². The highest BCUT2D eigenvalue weighted by Crippen LogP contribution is 2.59. The molecule has 0 saturated carbocycles. The summed E-state index contributed by atoms with van der Waals surface area (Å²) in [6, 6.07) is 23.0. The topological polar surface area (TPSA) is 99.5 Å². The van der Waals surface area contributed by atoms with Crippen molar-refractivity contribution < 1.29 is 25.7 Å². The maximum atomic E-state index is 14.1. The van der Waals surface area contributed by atoms with Crippen molar-refractivity contribution in [3.05, 3.63) is 99.9 Å². The molecule has 0 fully saturated rings. The molecule has 0 amide bonds. The highest BCUT2D eigenvalue weighted by atomic mass is 32.2. The van der Waals surface area contributed by atoms with Crippen LogP contribution in [0.3, 0.4) is 0 Å². The largest absolute Gasteiger partial charge is 0.450 e. The molecule has 10 rings (SSSR count). The number of furan rings is 2. The van der Waals surface area contributed by atoms with Gasteiger partial charge in [-0.05, 0) is 74.4 Å². The molecule has 220 valence electrons. The second kappa shape index (κ2) is 7.95. The van der Waals surface area contributed by atoms with E-state index in [1.54, 1.807) is 31.2 Å². The zero-order valence-corrected chi connectivity index (χ0v) is 26.5. The van der Waals surface area contributed by atoms with E-state index in [9.17, 15) is 16.8 Å². The number of nitrogens with zero attached hydrogens (tertiary/aromatic N) is 1. The summed E-state index contributed by atoms with van der Waals surface area (Å²) < 4.78 is 71.5. The lowest BCUT2D eigenvalue weighted by atomic mass is 10.1. The summed E-state index contributed by atoms with van der Waals surface area (Å²) >= 11 is 1.18. The second-order valence-electron chi connectivity index (χ2n) is 12.0. The first kappa shape index (κ1) is 25.7. The molecule has 0 aliphatic carbocycles. The summed E-state index contributed by atoms with van der Waals surface area (Å²) in [6.45, 7) is 5.90. The second-order valence-corrected chi connectivity index (χ2v) is 16.7. The molecule has 4 aromatic carbocycles. The molecular weight excluding hydrogens is 627 g/mol. The average Bonchev–Trinajstić information content (AvgIpc) is 3.78. The van der Waals surface area contributed by atoms with Crippen molar-refractivity contribution in [3.8, 4) is 5.69 Å². The van der Waals surface area contributed by atoms with Gasteiger partial charge < -0.3 is 13.4 Å². The third-order valence-corrected chi connectivity index (χ3v) is 14.4. The third kappa shape index (κ3) is 3.00. The van der Waals surface area contributed by atoms with E-state index in [1.165, 1.54) is 11.3 Å². The van der Waals surface area contributed by atoms with E-state index in [0.29, 0.717) is 37.8 Å². The fourth-order valence-corrected chi connectivity index (χ4v) is 13.5. The predicted octanol–water partition coefficient (Wildman–Crippen LogP) is 8.82. The Bertz CT molecular complexity index is 2970. The minimum Gasteiger partial charge on any atom is -0.450 e. The van der Waals surface area contributed by atoms with Crippen LogP contribution in [0.1, 0.15) is 27.1 Å². The molecular formula is C35H21NO6S3. The van der Waals surface area contributed by atoms with Gasteiger partial charge in [-0.3, -0.25) is 0 Å². The molecule has 8 aromatic rings. The number of hydrogen-bond acceptors (Lipinski definition) is 7. The fraction of sp³-hybridized carbons (Fsp3) is 0.0857. The smallest absolute Gasteiger partial charge is 0.210 e. The van der Waals surface area contributed by atoms with Crippen molar-refractivity contribution in [2.24, 2.45) is 0 Å². The van der Waals surface area contributed by atoms with Crippen molar-refractivity contribution in [1.29, 1.82) is 0 Å². The van der Waals surface area contributed by atoms with Gasteiger partial charge in [-0.25, -0.2) is 16.8 Å². The number of sulfone groups is 2. The van der Waals surface area contributed by atoms with Gasteiger partial charge in [-0.15, -0.1) is 11.3 Å². The number of rotatable bonds is 1. The summed E-state index contributed by atoms with van der Waals surface area (Å²) in [7, 11) is -8.12. The Labute approximate surface area is 260 Å². The Kier molecular flexibility index (Phi) is 4.53. The van der Waals surface area contributed by atoms with Gasteiger partial charge in [0.05, 0.1) is 25.6 Å². The van der Waals surface area contributed by atoms with E-state index in [0.717, 1.165) is 38.8 Å². The van der Waals surface area contributed by atoms with Crippen molar-refractivity contribution in [3.63, 3.8) is 0 Å².